The second-order valence-electron chi connectivity index (χ2n) is 10.3. The monoisotopic (exact) mass is 531 g/mol. The number of carbonyl (C=O) groups excluding carboxylic acids is 1. The molecule has 2 unspecified atom stereocenters. The number of fused-ring (bicyclic) bond motifs is 1. The Labute approximate surface area is 223 Å². The number of amides is 1. The Balaban J connectivity index is 1.16. The average Bonchev–Trinajstić information content (AvgIpc) is 3.22. The number of carbonyl (C=O) groups is 1. The van der Waals surface area contributed by atoms with Gasteiger partial charge in [0.25, 0.3) is 5.91 Å². The molecular weight excluding hydrogens is 505 g/mol. The van der Waals surface area contributed by atoms with Crippen LogP contribution in [0, 0.1) is 24.6 Å². The fourth-order valence-corrected chi connectivity index (χ4v) is 5.85. The molecule has 1 aromatic carbocycles. The summed E-state index contributed by atoms with van der Waals surface area (Å²) in [7, 11) is 0. The van der Waals surface area contributed by atoms with Crippen LogP contribution in [0.25, 0.3) is 22.1 Å². The van der Waals surface area contributed by atoms with Gasteiger partial charge in [-0.25, -0.2) is 24.3 Å². The smallest absolute Gasteiger partial charge is 0.265 e. The lowest BCUT2D eigenvalue weighted by atomic mass is 10.0. The summed E-state index contributed by atoms with van der Waals surface area (Å²) >= 11 is 1.32. The van der Waals surface area contributed by atoms with E-state index in [-0.39, 0.29) is 29.7 Å². The van der Waals surface area contributed by atoms with Gasteiger partial charge in [-0.2, -0.15) is 0 Å². The largest absolute Gasteiger partial charge is 0.490 e. The highest BCUT2D eigenvalue weighted by atomic mass is 32.1. The molecule has 3 aromatic heterocycles. The quantitative estimate of drug-likeness (QED) is 0.391. The fraction of sp³-hybridized carbons (Fsp3) is 0.321. The molecule has 2 atom stereocenters. The Morgan fingerprint density at radius 3 is 2.45 bits per heavy atom. The van der Waals surface area contributed by atoms with E-state index in [1.165, 1.54) is 23.5 Å². The molecule has 0 radical (unpaired) electrons. The molecule has 10 heteroatoms. The second-order valence-corrected chi connectivity index (χ2v) is 11.3. The predicted octanol–water partition coefficient (Wildman–Crippen LogP) is 4.49. The number of thiazole rings is 1. The lowest BCUT2D eigenvalue weighted by molar-refractivity contribution is 0.0724. The van der Waals surface area contributed by atoms with Gasteiger partial charge >= 0.3 is 0 Å². The van der Waals surface area contributed by atoms with E-state index in [1.54, 1.807) is 50.5 Å². The minimum Gasteiger partial charge on any atom is -0.490 e. The fourth-order valence-electron chi connectivity index (χ4n) is 4.87. The number of aromatic nitrogens is 4. The first-order valence-corrected chi connectivity index (χ1v) is 13.2. The molecule has 1 saturated heterocycles. The third-order valence-corrected chi connectivity index (χ3v) is 8.13. The predicted molar refractivity (Wildman–Crippen MR) is 140 cm³/mol. The minimum atomic E-state index is -1.17. The highest BCUT2D eigenvalue weighted by Gasteiger charge is 2.59. The van der Waals surface area contributed by atoms with Gasteiger partial charge in [0.1, 0.15) is 28.1 Å². The first-order chi connectivity index (χ1) is 18.2. The molecular formula is C28H26FN5O3S. The Morgan fingerprint density at radius 2 is 1.79 bits per heavy atom. The highest BCUT2D eigenvalue weighted by molar-refractivity contribution is 7.17. The van der Waals surface area contributed by atoms with E-state index in [0.29, 0.717) is 51.6 Å². The van der Waals surface area contributed by atoms with Crippen molar-refractivity contribution in [2.24, 2.45) is 11.8 Å². The number of aliphatic hydroxyl groups is 1. The van der Waals surface area contributed by atoms with Gasteiger partial charge in [0, 0.05) is 55.0 Å². The number of piperidine rings is 1. The number of nitrogens with zero attached hydrogens (tertiary/aromatic N) is 5. The molecule has 194 valence electrons. The van der Waals surface area contributed by atoms with Crippen molar-refractivity contribution in [1.29, 1.82) is 0 Å². The summed E-state index contributed by atoms with van der Waals surface area (Å²) in [5.41, 5.74) is 1.31. The zero-order chi connectivity index (χ0) is 26.6. The first-order valence-electron chi connectivity index (χ1n) is 12.4. The second kappa shape index (κ2) is 9.21. The number of benzene rings is 1. The van der Waals surface area contributed by atoms with Crippen molar-refractivity contribution in [3.05, 3.63) is 76.9 Å². The normalized spacial score (nSPS) is 20.3. The van der Waals surface area contributed by atoms with E-state index in [1.807, 2.05) is 17.9 Å². The Bertz CT molecular complexity index is 1490. The molecule has 4 heterocycles. The Morgan fingerprint density at radius 1 is 1.11 bits per heavy atom. The molecule has 2 aliphatic rings. The first kappa shape index (κ1) is 24.6. The summed E-state index contributed by atoms with van der Waals surface area (Å²) in [6.07, 6.45) is 3.29. The maximum absolute atomic E-state index is 13.4. The van der Waals surface area contributed by atoms with Crippen molar-refractivity contribution < 1.29 is 19.0 Å². The van der Waals surface area contributed by atoms with Crippen LogP contribution >= 0.6 is 11.3 Å². The molecule has 1 aliphatic carbocycles. The molecule has 6 rings (SSSR count). The molecule has 4 aromatic rings. The van der Waals surface area contributed by atoms with Crippen LogP contribution in [0.3, 0.4) is 0 Å². The van der Waals surface area contributed by atoms with Crippen LogP contribution < -0.4 is 4.74 Å². The lowest BCUT2D eigenvalue weighted by Crippen LogP contribution is -2.33. The standard InChI is InChI=1S/C28H26FN5O3S/c1-15-24(38-26(32-15)25-30-9-4-10-31-25)27(35)34-13-19-20(14-34)23(19)37-18-11-21(16-5-7-17(29)8-6-16)33-22(12-18)28(2,3)36/h4-12,19-20,23,36H,13-14H2,1-3H3. The van der Waals surface area contributed by atoms with Crippen LogP contribution in [0.4, 0.5) is 4.39 Å². The topological polar surface area (TPSA) is 101 Å². The summed E-state index contributed by atoms with van der Waals surface area (Å²) in [4.78, 5) is 33.3. The van der Waals surface area contributed by atoms with Crippen LogP contribution in [-0.4, -0.2) is 55.0 Å². The van der Waals surface area contributed by atoms with Crippen LogP contribution in [-0.2, 0) is 5.60 Å². The molecule has 0 spiro atoms. The maximum atomic E-state index is 13.4. The Kier molecular flexibility index (Phi) is 5.96. The minimum absolute atomic E-state index is 0.0204. The van der Waals surface area contributed by atoms with E-state index in [9.17, 15) is 14.3 Å². The summed E-state index contributed by atoms with van der Waals surface area (Å²) in [6, 6.07) is 11.4. The number of halogens is 1. The summed E-state index contributed by atoms with van der Waals surface area (Å²) < 4.78 is 19.8. The highest BCUT2D eigenvalue weighted by Crippen LogP contribution is 2.49. The number of ether oxygens (including phenoxy) is 1. The van der Waals surface area contributed by atoms with E-state index >= 15 is 0 Å². The SMILES string of the molecule is Cc1nc(-c2ncccn2)sc1C(=O)N1CC2C(C1)C2Oc1cc(-c2ccc(F)cc2)nc(C(C)(C)O)c1. The number of hydrogen-bond donors (Lipinski definition) is 1. The van der Waals surface area contributed by atoms with Crippen LogP contribution in [0.1, 0.15) is 34.9 Å². The molecule has 1 aliphatic heterocycles. The molecule has 8 nitrogen and oxygen atoms in total. The summed E-state index contributed by atoms with van der Waals surface area (Å²) in [5, 5.41) is 11.2. The molecule has 1 amide bonds. The van der Waals surface area contributed by atoms with Gasteiger partial charge in [0.15, 0.2) is 10.8 Å². The number of pyridine rings is 1. The molecule has 2 fully saturated rings. The third-order valence-electron chi connectivity index (χ3n) is 6.99. The van der Waals surface area contributed by atoms with Crippen LogP contribution in [0.2, 0.25) is 0 Å². The van der Waals surface area contributed by atoms with Crippen molar-refractivity contribution >= 4 is 17.2 Å². The van der Waals surface area contributed by atoms with Crippen molar-refractivity contribution in [1.82, 2.24) is 24.8 Å². The summed E-state index contributed by atoms with van der Waals surface area (Å²) in [5.74, 6) is 1.22. The van der Waals surface area contributed by atoms with Crippen molar-refractivity contribution in [2.75, 3.05) is 13.1 Å². The number of likely N-dealkylation sites (tertiary alicyclic amines) is 1. The van der Waals surface area contributed by atoms with E-state index in [0.717, 1.165) is 5.56 Å². The number of hydrogen-bond acceptors (Lipinski definition) is 8. The maximum Gasteiger partial charge on any atom is 0.265 e. The van der Waals surface area contributed by atoms with Gasteiger partial charge in [-0.15, -0.1) is 11.3 Å². The molecule has 38 heavy (non-hydrogen) atoms. The lowest BCUT2D eigenvalue weighted by Gasteiger charge is -2.21. The Hall–Kier alpha value is -3.76. The molecule has 1 N–H and O–H groups in total. The van der Waals surface area contributed by atoms with Gasteiger partial charge in [0.2, 0.25) is 0 Å². The zero-order valence-corrected chi connectivity index (χ0v) is 21.9. The van der Waals surface area contributed by atoms with Crippen molar-refractivity contribution in [2.45, 2.75) is 32.5 Å². The van der Waals surface area contributed by atoms with Crippen molar-refractivity contribution in [3.63, 3.8) is 0 Å². The average molecular weight is 532 g/mol. The van der Waals surface area contributed by atoms with Crippen LogP contribution in [0.5, 0.6) is 5.75 Å². The van der Waals surface area contributed by atoms with Gasteiger partial charge < -0.3 is 14.7 Å². The van der Waals surface area contributed by atoms with E-state index in [2.05, 4.69) is 19.9 Å². The molecule has 1 saturated carbocycles. The van der Waals surface area contributed by atoms with E-state index in [4.69, 9.17) is 4.74 Å². The summed E-state index contributed by atoms with van der Waals surface area (Å²) in [6.45, 7) is 6.38. The van der Waals surface area contributed by atoms with Crippen LogP contribution in [0.15, 0.2) is 54.9 Å². The van der Waals surface area contributed by atoms with Gasteiger partial charge in [-0.3, -0.25) is 4.79 Å². The third kappa shape index (κ3) is 4.65. The zero-order valence-electron chi connectivity index (χ0n) is 21.1. The van der Waals surface area contributed by atoms with Gasteiger partial charge in [-0.1, -0.05) is 0 Å². The number of rotatable bonds is 6. The van der Waals surface area contributed by atoms with Crippen molar-refractivity contribution in [3.8, 4) is 27.8 Å². The van der Waals surface area contributed by atoms with Gasteiger partial charge in [0.05, 0.1) is 17.1 Å². The number of aryl methyl sites for hydroxylation is 1. The van der Waals surface area contributed by atoms with Gasteiger partial charge in [-0.05, 0) is 51.1 Å². The molecule has 0 bridgehead atoms. The van der Waals surface area contributed by atoms with E-state index < -0.39 is 5.60 Å².